The second-order valence-electron chi connectivity index (χ2n) is 5.25. The minimum Gasteiger partial charge on any atom is -0.373 e. The van der Waals surface area contributed by atoms with Crippen molar-refractivity contribution in [2.45, 2.75) is 44.1 Å². The molecule has 104 valence electrons. The van der Waals surface area contributed by atoms with Crippen LogP contribution < -0.4 is 5.32 Å². The predicted octanol–water partition coefficient (Wildman–Crippen LogP) is 0.941. The summed E-state index contributed by atoms with van der Waals surface area (Å²) in [6, 6.07) is 4.06. The van der Waals surface area contributed by atoms with Gasteiger partial charge >= 0.3 is 0 Å². The summed E-state index contributed by atoms with van der Waals surface area (Å²) in [5.41, 5.74) is 0. The minimum atomic E-state index is 0.0661. The average molecular weight is 264 g/mol. The van der Waals surface area contributed by atoms with E-state index in [1.54, 1.807) is 0 Å². The van der Waals surface area contributed by atoms with Crippen LogP contribution in [0.25, 0.3) is 0 Å². The standard InChI is InChI=1S/C14H20N2O3/c17-14(10-16-5-1-2-6-16)15-11-3-4-12-13(9-11)19-8-7-18-12/h1-2,5-6,11-13H,3-4,7-10H2,(H,15,17)/t11-,12+,13+/m1/s1. The Bertz CT molecular complexity index is 418. The van der Waals surface area contributed by atoms with Crippen LogP contribution in [0.15, 0.2) is 24.5 Å². The SMILES string of the molecule is O=C(Cn1cccc1)N[C@@H]1CC[C@@H]2OCCO[C@H]2C1. The fourth-order valence-electron chi connectivity index (χ4n) is 2.91. The molecule has 1 aliphatic heterocycles. The van der Waals surface area contributed by atoms with Crippen molar-refractivity contribution in [3.05, 3.63) is 24.5 Å². The highest BCUT2D eigenvalue weighted by atomic mass is 16.6. The highest BCUT2D eigenvalue weighted by Gasteiger charge is 2.34. The number of aromatic nitrogens is 1. The lowest BCUT2D eigenvalue weighted by atomic mass is 9.89. The maximum Gasteiger partial charge on any atom is 0.240 e. The summed E-state index contributed by atoms with van der Waals surface area (Å²) in [5.74, 6) is 0.0661. The lowest BCUT2D eigenvalue weighted by Gasteiger charge is -2.39. The second kappa shape index (κ2) is 5.75. The maximum absolute atomic E-state index is 11.9. The van der Waals surface area contributed by atoms with Crippen molar-refractivity contribution in [1.29, 1.82) is 0 Å². The molecule has 1 saturated carbocycles. The lowest BCUT2D eigenvalue weighted by molar-refractivity contribution is -0.158. The first kappa shape index (κ1) is 12.7. The average Bonchev–Trinajstić information content (AvgIpc) is 2.91. The van der Waals surface area contributed by atoms with E-state index in [1.165, 1.54) is 0 Å². The van der Waals surface area contributed by atoms with Gasteiger partial charge in [0, 0.05) is 18.4 Å². The third kappa shape index (κ3) is 3.16. The van der Waals surface area contributed by atoms with E-state index in [1.807, 2.05) is 29.1 Å². The van der Waals surface area contributed by atoms with Gasteiger partial charge in [0.25, 0.3) is 0 Å². The molecule has 1 saturated heterocycles. The fraction of sp³-hybridized carbons (Fsp3) is 0.643. The number of ether oxygens (including phenoxy) is 2. The van der Waals surface area contributed by atoms with Crippen LogP contribution in [0, 0.1) is 0 Å². The fourth-order valence-corrected chi connectivity index (χ4v) is 2.91. The Morgan fingerprint density at radius 1 is 1.16 bits per heavy atom. The van der Waals surface area contributed by atoms with Crippen LogP contribution >= 0.6 is 0 Å². The van der Waals surface area contributed by atoms with Crippen LogP contribution in [-0.4, -0.2) is 41.9 Å². The molecule has 0 unspecified atom stereocenters. The van der Waals surface area contributed by atoms with Crippen LogP contribution in [0.2, 0.25) is 0 Å². The minimum absolute atomic E-state index is 0.0661. The number of hydrogen-bond donors (Lipinski definition) is 1. The zero-order chi connectivity index (χ0) is 13.1. The van der Waals surface area contributed by atoms with Gasteiger partial charge in [0.05, 0.1) is 25.4 Å². The van der Waals surface area contributed by atoms with Gasteiger partial charge in [-0.1, -0.05) is 0 Å². The molecule has 5 nitrogen and oxygen atoms in total. The third-order valence-corrected chi connectivity index (χ3v) is 3.84. The molecule has 2 aliphatic rings. The smallest absolute Gasteiger partial charge is 0.240 e. The number of nitrogens with one attached hydrogen (secondary N) is 1. The van der Waals surface area contributed by atoms with E-state index < -0.39 is 0 Å². The highest BCUT2D eigenvalue weighted by molar-refractivity contribution is 5.76. The second-order valence-corrected chi connectivity index (χ2v) is 5.25. The summed E-state index contributed by atoms with van der Waals surface area (Å²) in [6.07, 6.45) is 6.98. The Balaban J connectivity index is 1.49. The van der Waals surface area contributed by atoms with Gasteiger partial charge in [0.2, 0.25) is 5.91 Å². The van der Waals surface area contributed by atoms with Gasteiger partial charge in [-0.25, -0.2) is 0 Å². The number of hydrogen-bond acceptors (Lipinski definition) is 3. The first-order chi connectivity index (χ1) is 9.31. The van der Waals surface area contributed by atoms with E-state index in [9.17, 15) is 4.79 Å². The van der Waals surface area contributed by atoms with Crippen molar-refractivity contribution >= 4 is 5.91 Å². The molecule has 2 heterocycles. The molecule has 2 fully saturated rings. The van der Waals surface area contributed by atoms with Crippen molar-refractivity contribution < 1.29 is 14.3 Å². The van der Waals surface area contributed by atoms with Gasteiger partial charge in [-0.05, 0) is 31.4 Å². The zero-order valence-electron chi connectivity index (χ0n) is 11.0. The molecule has 19 heavy (non-hydrogen) atoms. The Morgan fingerprint density at radius 3 is 2.68 bits per heavy atom. The molecule has 5 heteroatoms. The number of nitrogens with zero attached hydrogens (tertiary/aromatic N) is 1. The van der Waals surface area contributed by atoms with Crippen molar-refractivity contribution in [2.75, 3.05) is 13.2 Å². The molecular weight excluding hydrogens is 244 g/mol. The molecule has 1 amide bonds. The summed E-state index contributed by atoms with van der Waals surface area (Å²) < 4.78 is 13.3. The van der Waals surface area contributed by atoms with E-state index in [0.29, 0.717) is 19.8 Å². The van der Waals surface area contributed by atoms with E-state index in [0.717, 1.165) is 19.3 Å². The topological polar surface area (TPSA) is 52.5 Å². The Hall–Kier alpha value is -1.33. The Kier molecular flexibility index (Phi) is 3.84. The summed E-state index contributed by atoms with van der Waals surface area (Å²) in [5, 5.41) is 3.09. The molecule has 1 aromatic heterocycles. The quantitative estimate of drug-likeness (QED) is 0.884. The zero-order valence-corrected chi connectivity index (χ0v) is 11.0. The van der Waals surface area contributed by atoms with Gasteiger partial charge < -0.3 is 19.4 Å². The Morgan fingerprint density at radius 2 is 1.89 bits per heavy atom. The Labute approximate surface area is 112 Å². The van der Waals surface area contributed by atoms with E-state index in [2.05, 4.69) is 5.32 Å². The molecule has 3 atom stereocenters. The molecule has 0 bridgehead atoms. The van der Waals surface area contributed by atoms with Crippen molar-refractivity contribution in [1.82, 2.24) is 9.88 Å². The number of amides is 1. The molecule has 0 aromatic carbocycles. The first-order valence-corrected chi connectivity index (χ1v) is 6.94. The van der Waals surface area contributed by atoms with Gasteiger partial charge in [-0.2, -0.15) is 0 Å². The van der Waals surface area contributed by atoms with Crippen LogP contribution in [0.4, 0.5) is 0 Å². The van der Waals surface area contributed by atoms with E-state index >= 15 is 0 Å². The monoisotopic (exact) mass is 264 g/mol. The van der Waals surface area contributed by atoms with Crippen molar-refractivity contribution in [2.24, 2.45) is 0 Å². The predicted molar refractivity (Wildman–Crippen MR) is 69.7 cm³/mol. The van der Waals surface area contributed by atoms with E-state index in [4.69, 9.17) is 9.47 Å². The highest BCUT2D eigenvalue weighted by Crippen LogP contribution is 2.26. The summed E-state index contributed by atoms with van der Waals surface area (Å²) in [7, 11) is 0. The molecule has 0 spiro atoms. The van der Waals surface area contributed by atoms with Crippen molar-refractivity contribution in [3.8, 4) is 0 Å². The van der Waals surface area contributed by atoms with Gasteiger partial charge in [-0.15, -0.1) is 0 Å². The first-order valence-electron chi connectivity index (χ1n) is 6.94. The summed E-state index contributed by atoms with van der Waals surface area (Å²) >= 11 is 0. The largest absolute Gasteiger partial charge is 0.373 e. The molecule has 1 N–H and O–H groups in total. The number of rotatable bonds is 3. The van der Waals surface area contributed by atoms with Crippen molar-refractivity contribution in [3.63, 3.8) is 0 Å². The van der Waals surface area contributed by atoms with Crippen LogP contribution in [0.3, 0.4) is 0 Å². The van der Waals surface area contributed by atoms with Gasteiger partial charge in [-0.3, -0.25) is 4.79 Å². The van der Waals surface area contributed by atoms with Gasteiger partial charge in [0.1, 0.15) is 6.54 Å². The summed E-state index contributed by atoms with van der Waals surface area (Å²) in [6.45, 7) is 1.76. The molecule has 1 aromatic rings. The molecular formula is C14H20N2O3. The van der Waals surface area contributed by atoms with E-state index in [-0.39, 0.29) is 24.2 Å². The lowest BCUT2D eigenvalue weighted by Crippen LogP contribution is -2.49. The van der Waals surface area contributed by atoms with Crippen LogP contribution in [0.5, 0.6) is 0 Å². The number of fused-ring (bicyclic) bond motifs is 1. The molecule has 0 radical (unpaired) electrons. The van der Waals surface area contributed by atoms with Crippen LogP contribution in [-0.2, 0) is 20.8 Å². The third-order valence-electron chi connectivity index (χ3n) is 3.84. The maximum atomic E-state index is 11.9. The molecule has 3 rings (SSSR count). The molecule has 1 aliphatic carbocycles. The van der Waals surface area contributed by atoms with Gasteiger partial charge in [0.15, 0.2) is 0 Å². The van der Waals surface area contributed by atoms with Crippen LogP contribution in [0.1, 0.15) is 19.3 Å². The normalized spacial score (nSPS) is 30.6. The number of carbonyl (C=O) groups is 1. The number of carbonyl (C=O) groups excluding carboxylic acids is 1. The summed E-state index contributed by atoms with van der Waals surface area (Å²) in [4.78, 5) is 11.9.